The minimum Gasteiger partial charge on any atom is -0.495 e. The molecule has 3 aliphatic carbocycles. The number of oxazole rings is 1. The van der Waals surface area contributed by atoms with E-state index in [1.807, 2.05) is 43.9 Å². The highest BCUT2D eigenvalue weighted by molar-refractivity contribution is 5.94. The average molecular weight is 688 g/mol. The van der Waals surface area contributed by atoms with Gasteiger partial charge in [-0.1, -0.05) is 13.8 Å². The third-order valence-electron chi connectivity index (χ3n) is 10.9. The van der Waals surface area contributed by atoms with Crippen LogP contribution < -0.4 is 9.64 Å². The van der Waals surface area contributed by atoms with Gasteiger partial charge in [0.25, 0.3) is 0 Å². The molecular formula is C39H53N5O6. The predicted molar refractivity (Wildman–Crippen MR) is 190 cm³/mol. The Kier molecular flexibility index (Phi) is 11.4. The highest BCUT2D eigenvalue weighted by Gasteiger charge is 2.35. The largest absolute Gasteiger partial charge is 0.495 e. The zero-order chi connectivity index (χ0) is 35.4. The third-order valence-corrected chi connectivity index (χ3v) is 10.9. The van der Waals surface area contributed by atoms with Crippen molar-refractivity contribution in [1.82, 2.24) is 19.9 Å². The first-order valence-corrected chi connectivity index (χ1v) is 18.4. The Morgan fingerprint density at radius 3 is 2.36 bits per heavy atom. The van der Waals surface area contributed by atoms with E-state index in [0.717, 1.165) is 72.8 Å². The molecular weight excluding hydrogens is 634 g/mol. The first-order valence-electron chi connectivity index (χ1n) is 18.4. The lowest BCUT2D eigenvalue weighted by atomic mass is 9.79. The summed E-state index contributed by atoms with van der Waals surface area (Å²) >= 11 is 0. The van der Waals surface area contributed by atoms with Crippen LogP contribution in [0.3, 0.4) is 0 Å². The van der Waals surface area contributed by atoms with E-state index >= 15 is 0 Å². The number of carbonyl (C=O) groups is 2. The summed E-state index contributed by atoms with van der Waals surface area (Å²) in [5.74, 6) is 3.30. The molecule has 3 saturated carbocycles. The maximum absolute atomic E-state index is 14.4. The number of hydrogen-bond donors (Lipinski definition) is 1. The zero-order valence-corrected chi connectivity index (χ0v) is 30.2. The Bertz CT molecular complexity index is 1610. The van der Waals surface area contributed by atoms with E-state index in [0.29, 0.717) is 55.8 Å². The van der Waals surface area contributed by atoms with Gasteiger partial charge < -0.3 is 23.9 Å². The second-order valence-electron chi connectivity index (χ2n) is 15.0. The molecule has 11 nitrogen and oxygen atoms in total. The molecule has 0 aromatic carbocycles. The number of anilines is 1. The Morgan fingerprint density at radius 1 is 0.980 bits per heavy atom. The fraction of sp³-hybridized carbons (Fsp3) is 0.615. The molecule has 0 radical (unpaired) electrons. The van der Waals surface area contributed by atoms with Gasteiger partial charge in [0.1, 0.15) is 29.6 Å². The van der Waals surface area contributed by atoms with E-state index in [2.05, 4.69) is 6.07 Å². The quantitative estimate of drug-likeness (QED) is 0.209. The van der Waals surface area contributed by atoms with E-state index < -0.39 is 12.2 Å². The van der Waals surface area contributed by atoms with Gasteiger partial charge in [0.2, 0.25) is 5.91 Å². The van der Waals surface area contributed by atoms with Gasteiger partial charge in [0.05, 0.1) is 18.9 Å². The lowest BCUT2D eigenvalue weighted by Crippen LogP contribution is -2.43. The van der Waals surface area contributed by atoms with Gasteiger partial charge in [-0.15, -0.1) is 0 Å². The second-order valence-corrected chi connectivity index (χ2v) is 15.0. The Balaban J connectivity index is 1.13. The Hall–Kier alpha value is -3.99. The van der Waals surface area contributed by atoms with E-state index in [1.54, 1.807) is 26.6 Å². The van der Waals surface area contributed by atoms with Gasteiger partial charge in [0, 0.05) is 55.3 Å². The van der Waals surface area contributed by atoms with E-state index in [4.69, 9.17) is 28.8 Å². The topological polar surface area (TPSA) is 131 Å². The van der Waals surface area contributed by atoms with Crippen LogP contribution in [0.2, 0.25) is 0 Å². The molecule has 0 aliphatic heterocycles. The summed E-state index contributed by atoms with van der Waals surface area (Å²) in [5, 5.41) is 10.2. The van der Waals surface area contributed by atoms with Crippen molar-refractivity contribution in [1.29, 1.82) is 0 Å². The normalized spacial score (nSPS) is 22.9. The number of aryl methyl sites for hydroxylation is 1. The summed E-state index contributed by atoms with van der Waals surface area (Å²) in [7, 11) is 3.32. The fourth-order valence-corrected chi connectivity index (χ4v) is 7.32. The number of hydrogen-bond acceptors (Lipinski definition) is 9. The summed E-state index contributed by atoms with van der Waals surface area (Å²) in [6.07, 6.45) is 10.9. The van der Waals surface area contributed by atoms with E-state index in [1.165, 1.54) is 4.90 Å². The Labute approximate surface area is 295 Å². The maximum atomic E-state index is 14.4. The number of amides is 2. The van der Waals surface area contributed by atoms with Crippen LogP contribution in [0.1, 0.15) is 107 Å². The molecule has 0 spiro atoms. The standard InChI is InChI=1S/C39H53N5O6/c1-24(2)34(45)22-43(4)39(47)50-31-14-12-29(13-15-31)38(46)44(36-20-30(18-19-40-36)33-23-49-37(42-33)28-10-11-28)21-26-6-8-27(9-7-26)32-16-17-35(48-5)25(3)41-32/h16-20,23-24,26-29,31,34,45H,6-15,21-22H2,1-5H3/t26-,27-,29-,31-,34?. The van der Waals surface area contributed by atoms with Crippen molar-refractivity contribution in [2.45, 2.75) is 109 Å². The van der Waals surface area contributed by atoms with Crippen LogP contribution >= 0.6 is 0 Å². The smallest absolute Gasteiger partial charge is 0.409 e. The van der Waals surface area contributed by atoms with Crippen molar-refractivity contribution in [3.05, 3.63) is 54.0 Å². The minimum atomic E-state index is -0.609. The van der Waals surface area contributed by atoms with Gasteiger partial charge in [-0.05, 0) is 107 Å². The summed E-state index contributed by atoms with van der Waals surface area (Å²) in [6.45, 7) is 6.64. The third kappa shape index (κ3) is 8.65. The molecule has 3 heterocycles. The summed E-state index contributed by atoms with van der Waals surface area (Å²) in [5.41, 5.74) is 3.67. The molecule has 2 amide bonds. The average Bonchev–Trinajstić information content (AvgIpc) is 3.86. The summed E-state index contributed by atoms with van der Waals surface area (Å²) in [6, 6.07) is 7.99. The lowest BCUT2D eigenvalue weighted by Gasteiger charge is -2.35. The maximum Gasteiger partial charge on any atom is 0.409 e. The number of likely N-dealkylation sites (N-methyl/N-ethyl adjacent to an activating group) is 1. The summed E-state index contributed by atoms with van der Waals surface area (Å²) < 4.78 is 17.0. The molecule has 11 heteroatoms. The molecule has 270 valence electrons. The van der Waals surface area contributed by atoms with E-state index in [-0.39, 0.29) is 30.4 Å². The molecule has 50 heavy (non-hydrogen) atoms. The van der Waals surface area contributed by atoms with Crippen LogP contribution in [-0.2, 0) is 9.53 Å². The van der Waals surface area contributed by atoms with Gasteiger partial charge in [-0.25, -0.2) is 14.8 Å². The van der Waals surface area contributed by atoms with Crippen LogP contribution in [0, 0.1) is 24.7 Å². The monoisotopic (exact) mass is 687 g/mol. The van der Waals surface area contributed by atoms with Gasteiger partial charge in [-0.2, -0.15) is 0 Å². The van der Waals surface area contributed by atoms with Crippen molar-refractivity contribution in [3.8, 4) is 17.0 Å². The number of aliphatic hydroxyl groups is 1. The van der Waals surface area contributed by atoms with Crippen molar-refractivity contribution in [2.75, 3.05) is 32.1 Å². The van der Waals surface area contributed by atoms with Crippen molar-refractivity contribution in [2.24, 2.45) is 17.8 Å². The molecule has 1 atom stereocenters. The SMILES string of the molecule is COc1ccc([C@H]2CC[C@H](CN(c3cc(-c4coc(C5CC5)n4)ccn3)C(=O)[C@H]3CC[C@H](OC(=O)N(C)CC(O)C(C)C)CC3)CC2)nc1C. The number of rotatable bonds is 12. The molecule has 1 unspecified atom stereocenters. The molecule has 0 bridgehead atoms. The summed E-state index contributed by atoms with van der Waals surface area (Å²) in [4.78, 5) is 44.8. The molecule has 0 saturated heterocycles. The zero-order valence-electron chi connectivity index (χ0n) is 30.2. The minimum absolute atomic E-state index is 0.0470. The molecule has 3 aromatic rings. The van der Waals surface area contributed by atoms with Crippen molar-refractivity contribution >= 4 is 17.8 Å². The predicted octanol–water partition coefficient (Wildman–Crippen LogP) is 7.28. The number of aromatic nitrogens is 3. The second kappa shape index (κ2) is 15.9. The van der Waals surface area contributed by atoms with Crippen molar-refractivity contribution in [3.63, 3.8) is 0 Å². The van der Waals surface area contributed by atoms with Crippen LogP contribution in [0.5, 0.6) is 5.75 Å². The van der Waals surface area contributed by atoms with Crippen LogP contribution in [0.4, 0.5) is 10.6 Å². The molecule has 3 aliphatic rings. The van der Waals surface area contributed by atoms with Crippen LogP contribution in [-0.4, -0.2) is 76.4 Å². The van der Waals surface area contributed by atoms with Crippen molar-refractivity contribution < 1.29 is 28.6 Å². The van der Waals surface area contributed by atoms with Crippen LogP contribution in [0.25, 0.3) is 11.3 Å². The number of ether oxygens (including phenoxy) is 2. The number of carbonyl (C=O) groups excluding carboxylic acids is 2. The van der Waals surface area contributed by atoms with Crippen LogP contribution in [0.15, 0.2) is 41.1 Å². The molecule has 3 aromatic heterocycles. The lowest BCUT2D eigenvalue weighted by molar-refractivity contribution is -0.124. The first kappa shape index (κ1) is 35.8. The molecule has 1 N–H and O–H groups in total. The van der Waals surface area contributed by atoms with Gasteiger partial charge in [-0.3, -0.25) is 14.7 Å². The fourth-order valence-electron chi connectivity index (χ4n) is 7.32. The number of aliphatic hydroxyl groups excluding tert-OH is 1. The van der Waals surface area contributed by atoms with Gasteiger partial charge in [0.15, 0.2) is 5.89 Å². The number of nitrogens with zero attached hydrogens (tertiary/aromatic N) is 5. The molecule has 6 rings (SSSR count). The van der Waals surface area contributed by atoms with E-state index in [9.17, 15) is 14.7 Å². The Morgan fingerprint density at radius 2 is 1.70 bits per heavy atom. The van der Waals surface area contributed by atoms with Gasteiger partial charge >= 0.3 is 6.09 Å². The molecule has 3 fully saturated rings. The number of pyridine rings is 2. The highest BCUT2D eigenvalue weighted by atomic mass is 16.6. The number of methoxy groups -OCH3 is 1. The first-order chi connectivity index (χ1) is 24.1. The highest BCUT2D eigenvalue weighted by Crippen LogP contribution is 2.41.